The van der Waals surface area contributed by atoms with Crippen LogP contribution in [0.3, 0.4) is 0 Å². The average Bonchev–Trinajstić information content (AvgIpc) is 3.15. The van der Waals surface area contributed by atoms with Crippen molar-refractivity contribution in [2.24, 2.45) is 0 Å². The van der Waals surface area contributed by atoms with E-state index < -0.39 is 0 Å². The summed E-state index contributed by atoms with van der Waals surface area (Å²) in [5, 5.41) is 11.4. The molecular weight excluding hydrogens is 354 g/mol. The van der Waals surface area contributed by atoms with Gasteiger partial charge in [-0.1, -0.05) is 48.9 Å². The number of carbonyl (C=O) groups excluding carboxylic acids is 1. The Morgan fingerprint density at radius 3 is 2.69 bits per heavy atom. The van der Waals surface area contributed by atoms with Gasteiger partial charge in [-0.3, -0.25) is 4.79 Å². The van der Waals surface area contributed by atoms with Crippen LogP contribution in [0.1, 0.15) is 18.4 Å². The smallest absolute Gasteiger partial charge is 0.258 e. The molecular formula is C19H18ClN3O3. The van der Waals surface area contributed by atoms with Crippen molar-refractivity contribution in [1.82, 2.24) is 15.5 Å². The number of ether oxygens (including phenoxy) is 1. The first-order chi connectivity index (χ1) is 12.7. The van der Waals surface area contributed by atoms with Crippen LogP contribution in [0, 0.1) is 0 Å². The van der Waals surface area contributed by atoms with Gasteiger partial charge in [-0.05, 0) is 23.8 Å². The number of rotatable bonds is 7. The van der Waals surface area contributed by atoms with Gasteiger partial charge in [-0.15, -0.1) is 10.2 Å². The minimum atomic E-state index is -0.250. The number of nitrogens with one attached hydrogen (secondary N) is 1. The molecule has 0 unspecified atom stereocenters. The van der Waals surface area contributed by atoms with E-state index in [4.69, 9.17) is 20.8 Å². The molecule has 0 fully saturated rings. The zero-order chi connectivity index (χ0) is 18.4. The molecule has 6 nitrogen and oxygen atoms in total. The fraction of sp³-hybridized carbons (Fsp3) is 0.211. The third kappa shape index (κ3) is 4.40. The van der Waals surface area contributed by atoms with Gasteiger partial charge >= 0.3 is 0 Å². The van der Waals surface area contributed by atoms with Crippen LogP contribution in [0.15, 0.2) is 52.9 Å². The molecule has 0 saturated carbocycles. The van der Waals surface area contributed by atoms with Gasteiger partial charge in [-0.2, -0.15) is 0 Å². The zero-order valence-electron chi connectivity index (χ0n) is 14.2. The van der Waals surface area contributed by atoms with Gasteiger partial charge in [0.15, 0.2) is 6.61 Å². The predicted octanol–water partition coefficient (Wildman–Crippen LogP) is 3.65. The maximum atomic E-state index is 12.1. The molecule has 1 heterocycles. The number of aryl methyl sites for hydroxylation is 1. The second-order valence-corrected chi connectivity index (χ2v) is 5.91. The summed E-state index contributed by atoms with van der Waals surface area (Å²) < 4.78 is 11.2. The molecule has 134 valence electrons. The molecule has 0 aliphatic rings. The molecule has 2 aromatic carbocycles. The first-order valence-electron chi connectivity index (χ1n) is 8.22. The van der Waals surface area contributed by atoms with Crippen LogP contribution in [0.2, 0.25) is 5.02 Å². The number of halogens is 1. The normalized spacial score (nSPS) is 10.5. The van der Waals surface area contributed by atoms with Crippen molar-refractivity contribution in [3.63, 3.8) is 0 Å². The van der Waals surface area contributed by atoms with E-state index in [1.165, 1.54) is 0 Å². The first kappa shape index (κ1) is 17.9. The third-order valence-electron chi connectivity index (χ3n) is 3.68. The van der Waals surface area contributed by atoms with Crippen LogP contribution in [0.5, 0.6) is 5.75 Å². The Bertz CT molecular complexity index is 895. The SMILES string of the molecule is CCc1nnc(-c2ccccc2OCC(=O)NCc2ccccc2Cl)o1. The quantitative estimate of drug-likeness (QED) is 0.686. The summed E-state index contributed by atoms with van der Waals surface area (Å²) in [6.45, 7) is 2.15. The molecule has 1 aromatic heterocycles. The predicted molar refractivity (Wildman–Crippen MR) is 97.9 cm³/mol. The number of nitrogens with zero attached hydrogens (tertiary/aromatic N) is 2. The highest BCUT2D eigenvalue weighted by Gasteiger charge is 2.14. The number of hydrogen-bond acceptors (Lipinski definition) is 5. The fourth-order valence-corrected chi connectivity index (χ4v) is 2.51. The summed E-state index contributed by atoms with van der Waals surface area (Å²) in [6.07, 6.45) is 0.653. The summed E-state index contributed by atoms with van der Waals surface area (Å²) in [5.74, 6) is 1.17. The molecule has 1 amide bonds. The van der Waals surface area contributed by atoms with E-state index in [0.29, 0.717) is 41.1 Å². The lowest BCUT2D eigenvalue weighted by molar-refractivity contribution is -0.123. The standard InChI is InChI=1S/C19H18ClN3O3/c1-2-18-22-23-19(26-18)14-8-4-6-10-16(14)25-12-17(24)21-11-13-7-3-5-9-15(13)20/h3-10H,2,11-12H2,1H3,(H,21,24). The number of benzene rings is 2. The highest BCUT2D eigenvalue weighted by atomic mass is 35.5. The number of carbonyl (C=O) groups is 1. The number of aromatic nitrogens is 2. The average molecular weight is 372 g/mol. The van der Waals surface area contributed by atoms with Crippen LogP contribution >= 0.6 is 11.6 Å². The van der Waals surface area contributed by atoms with E-state index in [9.17, 15) is 4.79 Å². The topological polar surface area (TPSA) is 77.2 Å². The highest BCUT2D eigenvalue weighted by Crippen LogP contribution is 2.28. The Hall–Kier alpha value is -2.86. The second kappa shape index (κ2) is 8.49. The minimum absolute atomic E-state index is 0.129. The molecule has 3 rings (SSSR count). The molecule has 0 radical (unpaired) electrons. The van der Waals surface area contributed by atoms with Crippen LogP contribution in [-0.4, -0.2) is 22.7 Å². The largest absolute Gasteiger partial charge is 0.483 e. The van der Waals surface area contributed by atoms with E-state index in [0.717, 1.165) is 5.56 Å². The van der Waals surface area contributed by atoms with E-state index in [1.54, 1.807) is 12.1 Å². The molecule has 0 aliphatic heterocycles. The van der Waals surface area contributed by atoms with Gasteiger partial charge < -0.3 is 14.5 Å². The highest BCUT2D eigenvalue weighted by molar-refractivity contribution is 6.31. The van der Waals surface area contributed by atoms with Gasteiger partial charge in [-0.25, -0.2) is 0 Å². The van der Waals surface area contributed by atoms with Crippen LogP contribution in [-0.2, 0) is 17.8 Å². The lowest BCUT2D eigenvalue weighted by Gasteiger charge is -2.10. The van der Waals surface area contributed by atoms with E-state index in [1.807, 2.05) is 43.3 Å². The first-order valence-corrected chi connectivity index (χ1v) is 8.60. The molecule has 0 spiro atoms. The molecule has 0 bridgehead atoms. The second-order valence-electron chi connectivity index (χ2n) is 5.51. The third-order valence-corrected chi connectivity index (χ3v) is 4.05. The molecule has 0 saturated heterocycles. The lowest BCUT2D eigenvalue weighted by atomic mass is 10.2. The molecule has 1 N–H and O–H groups in total. The molecule has 26 heavy (non-hydrogen) atoms. The van der Waals surface area contributed by atoms with Crippen LogP contribution in [0.25, 0.3) is 11.5 Å². The Morgan fingerprint density at radius 2 is 1.92 bits per heavy atom. The van der Waals surface area contributed by atoms with Crippen molar-refractivity contribution in [2.45, 2.75) is 19.9 Å². The Kier molecular flexibility index (Phi) is 5.86. The van der Waals surface area contributed by atoms with Crippen molar-refractivity contribution in [1.29, 1.82) is 0 Å². The molecule has 7 heteroatoms. The van der Waals surface area contributed by atoms with E-state index in [2.05, 4.69) is 15.5 Å². The number of amides is 1. The van der Waals surface area contributed by atoms with Gasteiger partial charge in [0, 0.05) is 18.0 Å². The number of para-hydroxylation sites is 1. The van der Waals surface area contributed by atoms with Crippen molar-refractivity contribution < 1.29 is 13.9 Å². The Morgan fingerprint density at radius 1 is 1.15 bits per heavy atom. The molecule has 0 atom stereocenters. The van der Waals surface area contributed by atoms with Crippen molar-refractivity contribution >= 4 is 17.5 Å². The van der Waals surface area contributed by atoms with E-state index in [-0.39, 0.29) is 12.5 Å². The maximum absolute atomic E-state index is 12.1. The van der Waals surface area contributed by atoms with Crippen LogP contribution in [0.4, 0.5) is 0 Å². The van der Waals surface area contributed by atoms with Crippen molar-refractivity contribution in [2.75, 3.05) is 6.61 Å². The maximum Gasteiger partial charge on any atom is 0.258 e. The monoisotopic (exact) mass is 371 g/mol. The fourth-order valence-electron chi connectivity index (χ4n) is 2.30. The summed E-state index contributed by atoms with van der Waals surface area (Å²) >= 11 is 6.08. The van der Waals surface area contributed by atoms with Crippen LogP contribution < -0.4 is 10.1 Å². The Balaban J connectivity index is 1.61. The zero-order valence-corrected chi connectivity index (χ0v) is 15.0. The number of hydrogen-bond donors (Lipinski definition) is 1. The van der Waals surface area contributed by atoms with E-state index >= 15 is 0 Å². The Labute approximate surface area is 156 Å². The summed E-state index contributed by atoms with van der Waals surface area (Å²) in [6, 6.07) is 14.6. The van der Waals surface area contributed by atoms with Gasteiger partial charge in [0.25, 0.3) is 11.8 Å². The van der Waals surface area contributed by atoms with Crippen molar-refractivity contribution in [3.8, 4) is 17.2 Å². The van der Waals surface area contributed by atoms with Gasteiger partial charge in [0.1, 0.15) is 5.75 Å². The lowest BCUT2D eigenvalue weighted by Crippen LogP contribution is -2.28. The summed E-state index contributed by atoms with van der Waals surface area (Å²) in [7, 11) is 0. The minimum Gasteiger partial charge on any atom is -0.483 e. The van der Waals surface area contributed by atoms with Gasteiger partial charge in [0.2, 0.25) is 5.89 Å². The van der Waals surface area contributed by atoms with Gasteiger partial charge in [0.05, 0.1) is 5.56 Å². The summed E-state index contributed by atoms with van der Waals surface area (Å²) in [5.41, 5.74) is 1.50. The molecule has 3 aromatic rings. The molecule has 0 aliphatic carbocycles. The van der Waals surface area contributed by atoms with Crippen molar-refractivity contribution in [3.05, 3.63) is 65.0 Å². The summed E-state index contributed by atoms with van der Waals surface area (Å²) in [4.78, 5) is 12.1.